The third kappa shape index (κ3) is 2.79. The van der Waals surface area contributed by atoms with Gasteiger partial charge in [-0.25, -0.2) is 4.98 Å². The van der Waals surface area contributed by atoms with Crippen molar-refractivity contribution in [2.45, 2.75) is 25.2 Å². The number of carboxylic acids is 1. The zero-order valence-corrected chi connectivity index (χ0v) is 12.0. The second-order valence-corrected chi connectivity index (χ2v) is 5.72. The van der Waals surface area contributed by atoms with Gasteiger partial charge in [0.25, 0.3) is 0 Å². The number of amides is 2. The highest BCUT2D eigenvalue weighted by Gasteiger charge is 2.30. The maximum Gasteiger partial charge on any atom is 0.308 e. The quantitative estimate of drug-likeness (QED) is 0.789. The molecule has 3 heterocycles. The van der Waals surface area contributed by atoms with Crippen molar-refractivity contribution in [3.8, 4) is 0 Å². The van der Waals surface area contributed by atoms with Crippen molar-refractivity contribution >= 4 is 23.6 Å². The first-order valence-corrected chi connectivity index (χ1v) is 7.32. The molecule has 0 aliphatic carbocycles. The number of aromatic nitrogens is 1. The van der Waals surface area contributed by atoms with Crippen molar-refractivity contribution < 1.29 is 19.5 Å². The first-order valence-electron chi connectivity index (χ1n) is 7.32. The van der Waals surface area contributed by atoms with Crippen LogP contribution in [0.5, 0.6) is 0 Å². The van der Waals surface area contributed by atoms with Crippen molar-refractivity contribution in [3.05, 3.63) is 23.9 Å². The Kier molecular flexibility index (Phi) is 3.79. The van der Waals surface area contributed by atoms with Gasteiger partial charge in [0.1, 0.15) is 5.82 Å². The predicted octanol–water partition coefficient (Wildman–Crippen LogP) is 0.513. The number of hydrogen-bond donors (Lipinski definition) is 2. The number of pyridine rings is 1. The minimum absolute atomic E-state index is 0.234. The van der Waals surface area contributed by atoms with Crippen LogP contribution in [-0.2, 0) is 14.4 Å². The van der Waals surface area contributed by atoms with Crippen molar-refractivity contribution in [1.29, 1.82) is 0 Å². The summed E-state index contributed by atoms with van der Waals surface area (Å²) in [4.78, 5) is 40.3. The van der Waals surface area contributed by atoms with E-state index in [1.54, 1.807) is 6.20 Å². The van der Waals surface area contributed by atoms with Gasteiger partial charge in [-0.1, -0.05) is 6.07 Å². The Morgan fingerprint density at radius 3 is 2.73 bits per heavy atom. The standard InChI is InChI=1S/C15H17N3O4/c19-13-4-2-11(14(20)17-13)9-1-3-12(16-7-9)18-6-5-10(8-18)15(21)22/h1,3,7,10-11H,2,4-6,8H2,(H,21,22)(H,17,19,20). The summed E-state index contributed by atoms with van der Waals surface area (Å²) in [7, 11) is 0. The van der Waals surface area contributed by atoms with Crippen LogP contribution in [0.4, 0.5) is 5.82 Å². The van der Waals surface area contributed by atoms with E-state index in [1.165, 1.54) is 0 Å². The normalized spacial score (nSPS) is 25.2. The molecule has 0 bridgehead atoms. The first kappa shape index (κ1) is 14.5. The molecule has 0 saturated carbocycles. The lowest BCUT2D eigenvalue weighted by Crippen LogP contribution is -2.39. The molecular formula is C15H17N3O4. The van der Waals surface area contributed by atoms with Gasteiger partial charge >= 0.3 is 5.97 Å². The Hall–Kier alpha value is -2.44. The molecule has 0 aromatic carbocycles. The summed E-state index contributed by atoms with van der Waals surface area (Å²) in [5, 5.41) is 11.4. The molecule has 1 aromatic heterocycles. The number of nitrogens with one attached hydrogen (secondary N) is 1. The molecule has 2 aliphatic rings. The summed E-state index contributed by atoms with van der Waals surface area (Å²) in [6.07, 6.45) is 3.09. The molecule has 7 nitrogen and oxygen atoms in total. The molecule has 2 fully saturated rings. The first-order chi connectivity index (χ1) is 10.5. The van der Waals surface area contributed by atoms with E-state index in [-0.39, 0.29) is 23.7 Å². The zero-order valence-electron chi connectivity index (χ0n) is 12.0. The highest BCUT2D eigenvalue weighted by atomic mass is 16.4. The maximum atomic E-state index is 11.8. The summed E-state index contributed by atoms with van der Waals surface area (Å²) < 4.78 is 0. The summed E-state index contributed by atoms with van der Waals surface area (Å²) in [5.74, 6) is -1.26. The molecule has 2 unspecified atom stereocenters. The number of nitrogens with zero attached hydrogens (tertiary/aromatic N) is 2. The number of anilines is 1. The predicted molar refractivity (Wildman–Crippen MR) is 77.3 cm³/mol. The minimum atomic E-state index is -0.775. The number of piperidine rings is 1. The van der Waals surface area contributed by atoms with E-state index in [1.807, 2.05) is 17.0 Å². The summed E-state index contributed by atoms with van der Waals surface area (Å²) in [6.45, 7) is 1.13. The van der Waals surface area contributed by atoms with Crippen LogP contribution in [0.15, 0.2) is 18.3 Å². The van der Waals surface area contributed by atoms with Crippen molar-refractivity contribution in [3.63, 3.8) is 0 Å². The number of aliphatic carboxylic acids is 1. The van der Waals surface area contributed by atoms with Gasteiger partial charge in [0, 0.05) is 25.7 Å². The van der Waals surface area contributed by atoms with Gasteiger partial charge < -0.3 is 10.0 Å². The van der Waals surface area contributed by atoms with E-state index >= 15 is 0 Å². The number of hydrogen-bond acceptors (Lipinski definition) is 5. The average molecular weight is 303 g/mol. The number of imide groups is 1. The van der Waals surface area contributed by atoms with E-state index in [0.29, 0.717) is 32.4 Å². The molecule has 3 rings (SSSR count). The summed E-state index contributed by atoms with van der Waals surface area (Å²) >= 11 is 0. The third-order valence-electron chi connectivity index (χ3n) is 4.27. The molecular weight excluding hydrogens is 286 g/mol. The topological polar surface area (TPSA) is 99.6 Å². The van der Waals surface area contributed by atoms with Gasteiger partial charge in [0.15, 0.2) is 0 Å². The third-order valence-corrected chi connectivity index (χ3v) is 4.27. The van der Waals surface area contributed by atoms with Crippen LogP contribution in [0.25, 0.3) is 0 Å². The van der Waals surface area contributed by atoms with Crippen molar-refractivity contribution in [1.82, 2.24) is 10.3 Å². The Morgan fingerprint density at radius 2 is 2.14 bits per heavy atom. The minimum Gasteiger partial charge on any atom is -0.481 e. The van der Waals surface area contributed by atoms with E-state index in [2.05, 4.69) is 10.3 Å². The van der Waals surface area contributed by atoms with Crippen LogP contribution in [-0.4, -0.2) is 41.0 Å². The number of carbonyl (C=O) groups excluding carboxylic acids is 2. The summed E-state index contributed by atoms with van der Waals surface area (Å²) in [6, 6.07) is 3.64. The smallest absolute Gasteiger partial charge is 0.308 e. The molecule has 2 amide bonds. The molecule has 0 radical (unpaired) electrons. The number of rotatable bonds is 3. The fourth-order valence-corrected chi connectivity index (χ4v) is 2.97. The van der Waals surface area contributed by atoms with Gasteiger partial charge in [-0.2, -0.15) is 0 Å². The van der Waals surface area contributed by atoms with Crippen LogP contribution < -0.4 is 10.2 Å². The molecule has 2 aliphatic heterocycles. The van der Waals surface area contributed by atoms with Crippen LogP contribution in [0.3, 0.4) is 0 Å². The van der Waals surface area contributed by atoms with Crippen LogP contribution in [0.1, 0.15) is 30.7 Å². The van der Waals surface area contributed by atoms with Crippen LogP contribution in [0, 0.1) is 5.92 Å². The van der Waals surface area contributed by atoms with E-state index in [9.17, 15) is 14.4 Å². The highest BCUT2D eigenvalue weighted by Crippen LogP contribution is 2.27. The lowest BCUT2D eigenvalue weighted by Gasteiger charge is -2.22. The Labute approximate surface area is 127 Å². The Morgan fingerprint density at radius 1 is 1.32 bits per heavy atom. The molecule has 1 aromatic rings. The SMILES string of the molecule is O=C1CCC(c2ccc(N3CCC(C(=O)O)C3)nc2)C(=O)N1. The molecule has 0 spiro atoms. The molecule has 7 heteroatoms. The van der Waals surface area contributed by atoms with Crippen molar-refractivity contribution in [2.24, 2.45) is 5.92 Å². The fourth-order valence-electron chi connectivity index (χ4n) is 2.97. The number of carboxylic acid groups (broad SMARTS) is 1. The van der Waals surface area contributed by atoms with Gasteiger partial charge in [-0.05, 0) is 24.5 Å². The van der Waals surface area contributed by atoms with Gasteiger partial charge in [0.05, 0.1) is 11.8 Å². The monoisotopic (exact) mass is 303 g/mol. The molecule has 2 atom stereocenters. The van der Waals surface area contributed by atoms with Gasteiger partial charge in [-0.15, -0.1) is 0 Å². The highest BCUT2D eigenvalue weighted by molar-refractivity contribution is 6.00. The molecule has 116 valence electrons. The number of carbonyl (C=O) groups is 3. The van der Waals surface area contributed by atoms with Crippen LogP contribution in [0.2, 0.25) is 0 Å². The van der Waals surface area contributed by atoms with E-state index in [4.69, 9.17) is 5.11 Å². The maximum absolute atomic E-state index is 11.8. The Balaban J connectivity index is 1.69. The molecule has 22 heavy (non-hydrogen) atoms. The van der Waals surface area contributed by atoms with Gasteiger partial charge in [0.2, 0.25) is 11.8 Å². The van der Waals surface area contributed by atoms with E-state index < -0.39 is 5.97 Å². The lowest BCUT2D eigenvalue weighted by molar-refractivity contribution is -0.141. The fraction of sp³-hybridized carbons (Fsp3) is 0.467. The molecule has 2 N–H and O–H groups in total. The summed E-state index contributed by atoms with van der Waals surface area (Å²) in [5.41, 5.74) is 0.780. The van der Waals surface area contributed by atoms with Gasteiger partial charge in [-0.3, -0.25) is 19.7 Å². The average Bonchev–Trinajstić information content (AvgIpc) is 2.98. The zero-order chi connectivity index (χ0) is 15.7. The van der Waals surface area contributed by atoms with E-state index in [0.717, 1.165) is 11.4 Å². The second-order valence-electron chi connectivity index (χ2n) is 5.72. The van der Waals surface area contributed by atoms with Crippen molar-refractivity contribution in [2.75, 3.05) is 18.0 Å². The largest absolute Gasteiger partial charge is 0.481 e. The lowest BCUT2D eigenvalue weighted by atomic mass is 9.92. The molecule has 2 saturated heterocycles. The van der Waals surface area contributed by atoms with Crippen LogP contribution >= 0.6 is 0 Å². The Bertz CT molecular complexity index is 614. The second kappa shape index (κ2) is 5.75.